The Hall–Kier alpha value is -2.04. The van der Waals surface area contributed by atoms with E-state index < -0.39 is 5.97 Å². The first-order valence-electron chi connectivity index (χ1n) is 10.3. The molecule has 3 atom stereocenters. The zero-order chi connectivity index (χ0) is 20.6. The number of carbonyl (C=O) groups is 1. The maximum absolute atomic E-state index is 10.7. The lowest BCUT2D eigenvalue weighted by Gasteiger charge is -2.22. The van der Waals surface area contributed by atoms with Crippen LogP contribution in [0.4, 0.5) is 0 Å². The predicted molar refractivity (Wildman–Crippen MR) is 115 cm³/mol. The smallest absolute Gasteiger partial charge is 0.341 e. The van der Waals surface area contributed by atoms with E-state index in [1.165, 1.54) is 11.1 Å². The summed E-state index contributed by atoms with van der Waals surface area (Å²) < 4.78 is 5.31. The second kappa shape index (κ2) is 10.7. The van der Waals surface area contributed by atoms with Gasteiger partial charge in [-0.2, -0.15) is 0 Å². The number of carboxylic acids is 1. The van der Waals surface area contributed by atoms with Gasteiger partial charge in [0.15, 0.2) is 6.61 Å². The average molecular weight is 417 g/mol. The molecule has 0 bridgehead atoms. The summed E-state index contributed by atoms with van der Waals surface area (Å²) in [5.41, 5.74) is 3.64. The van der Waals surface area contributed by atoms with Crippen LogP contribution in [-0.2, 0) is 24.1 Å². The fourth-order valence-corrected chi connectivity index (χ4v) is 4.77. The second-order valence-corrected chi connectivity index (χ2v) is 8.44. The van der Waals surface area contributed by atoms with Gasteiger partial charge in [0.25, 0.3) is 0 Å². The number of alkyl halides is 1. The van der Waals surface area contributed by atoms with Crippen molar-refractivity contribution in [1.82, 2.24) is 0 Å². The SMILES string of the molecule is O=C(O)COc1cccc(C[C@H]2CCC(Cl)[C@@H]2CCc2ccc(CCO)cc2)c1. The molecule has 2 aromatic rings. The summed E-state index contributed by atoms with van der Waals surface area (Å²) >= 11 is 6.67. The number of benzene rings is 2. The number of carboxylic acid groups (broad SMARTS) is 1. The van der Waals surface area contributed by atoms with Gasteiger partial charge in [-0.1, -0.05) is 36.4 Å². The topological polar surface area (TPSA) is 66.8 Å². The summed E-state index contributed by atoms with van der Waals surface area (Å²) in [4.78, 5) is 10.7. The molecular weight excluding hydrogens is 388 g/mol. The van der Waals surface area contributed by atoms with Crippen molar-refractivity contribution in [3.63, 3.8) is 0 Å². The lowest BCUT2D eigenvalue weighted by atomic mass is 9.85. The van der Waals surface area contributed by atoms with E-state index >= 15 is 0 Å². The first-order chi connectivity index (χ1) is 14.0. The number of aryl methyl sites for hydroxylation is 1. The molecule has 0 spiro atoms. The summed E-state index contributed by atoms with van der Waals surface area (Å²) in [5, 5.41) is 18.0. The molecule has 0 amide bonds. The van der Waals surface area contributed by atoms with Crippen molar-refractivity contribution in [3.8, 4) is 5.75 Å². The van der Waals surface area contributed by atoms with E-state index in [0.717, 1.165) is 37.7 Å². The number of rotatable bonds is 10. The van der Waals surface area contributed by atoms with Gasteiger partial charge in [-0.25, -0.2) is 4.79 Å². The van der Waals surface area contributed by atoms with E-state index in [4.69, 9.17) is 26.6 Å². The van der Waals surface area contributed by atoms with Gasteiger partial charge in [0.2, 0.25) is 0 Å². The van der Waals surface area contributed by atoms with Crippen LogP contribution in [0.1, 0.15) is 36.0 Å². The molecule has 3 rings (SSSR count). The number of aliphatic carboxylic acids is 1. The molecule has 5 heteroatoms. The lowest BCUT2D eigenvalue weighted by Crippen LogP contribution is -2.18. The average Bonchev–Trinajstić information content (AvgIpc) is 3.06. The van der Waals surface area contributed by atoms with Gasteiger partial charge < -0.3 is 14.9 Å². The number of ether oxygens (including phenoxy) is 1. The van der Waals surface area contributed by atoms with E-state index in [1.54, 1.807) is 6.07 Å². The van der Waals surface area contributed by atoms with Gasteiger partial charge in [0.1, 0.15) is 5.75 Å². The first kappa shape index (κ1) is 21.7. The highest BCUT2D eigenvalue weighted by Gasteiger charge is 2.34. The third-order valence-electron chi connectivity index (χ3n) is 5.83. The molecule has 2 aromatic carbocycles. The predicted octanol–water partition coefficient (Wildman–Crippen LogP) is 4.49. The fraction of sp³-hybridized carbons (Fsp3) is 0.458. The molecular formula is C24H29ClO4. The third kappa shape index (κ3) is 6.48. The molecule has 0 saturated heterocycles. The minimum atomic E-state index is -0.972. The molecule has 156 valence electrons. The van der Waals surface area contributed by atoms with E-state index in [9.17, 15) is 4.79 Å². The van der Waals surface area contributed by atoms with Gasteiger partial charge in [0, 0.05) is 12.0 Å². The normalized spacial score (nSPS) is 21.2. The standard InChI is InChI=1S/C24H29ClO4/c25-23-11-9-20(14-19-2-1-3-21(15-19)29-16-24(27)28)22(23)10-8-17-4-6-18(7-5-17)12-13-26/h1-7,15,20,22-23,26H,8-14,16H2,(H,27,28)/t20-,22-,23?/m1/s1. The molecule has 0 radical (unpaired) electrons. The maximum Gasteiger partial charge on any atom is 0.341 e. The van der Waals surface area contributed by atoms with Crippen LogP contribution >= 0.6 is 11.6 Å². The van der Waals surface area contributed by atoms with Crippen molar-refractivity contribution in [2.75, 3.05) is 13.2 Å². The van der Waals surface area contributed by atoms with Crippen molar-refractivity contribution in [3.05, 3.63) is 65.2 Å². The highest BCUT2D eigenvalue weighted by molar-refractivity contribution is 6.21. The Kier molecular flexibility index (Phi) is 7.96. The molecule has 4 nitrogen and oxygen atoms in total. The fourth-order valence-electron chi connectivity index (χ4n) is 4.31. The summed E-state index contributed by atoms with van der Waals surface area (Å²) in [5.74, 6) is 0.628. The molecule has 1 unspecified atom stereocenters. The Balaban J connectivity index is 1.58. The Morgan fingerprint density at radius 1 is 1.03 bits per heavy atom. The molecule has 1 fully saturated rings. The van der Waals surface area contributed by atoms with Crippen molar-refractivity contribution in [2.45, 2.75) is 43.9 Å². The summed E-state index contributed by atoms with van der Waals surface area (Å²) in [6.07, 6.45) is 5.87. The van der Waals surface area contributed by atoms with Crippen molar-refractivity contribution in [2.24, 2.45) is 11.8 Å². The van der Waals surface area contributed by atoms with Crippen LogP contribution in [0.2, 0.25) is 0 Å². The Morgan fingerprint density at radius 3 is 2.45 bits per heavy atom. The van der Waals surface area contributed by atoms with Crippen molar-refractivity contribution < 1.29 is 19.7 Å². The molecule has 0 aliphatic heterocycles. The summed E-state index contributed by atoms with van der Waals surface area (Å²) in [7, 11) is 0. The third-order valence-corrected chi connectivity index (χ3v) is 6.37. The van der Waals surface area contributed by atoms with Crippen molar-refractivity contribution in [1.29, 1.82) is 0 Å². The van der Waals surface area contributed by atoms with E-state index in [0.29, 0.717) is 24.0 Å². The Bertz CT molecular complexity index is 790. The van der Waals surface area contributed by atoms with Crippen LogP contribution in [0.15, 0.2) is 48.5 Å². The lowest BCUT2D eigenvalue weighted by molar-refractivity contribution is -0.139. The van der Waals surface area contributed by atoms with Gasteiger partial charge in [-0.05, 0) is 79.2 Å². The molecule has 0 heterocycles. The van der Waals surface area contributed by atoms with Crippen LogP contribution in [0.5, 0.6) is 5.75 Å². The molecule has 1 saturated carbocycles. The maximum atomic E-state index is 10.7. The quantitative estimate of drug-likeness (QED) is 0.560. The zero-order valence-corrected chi connectivity index (χ0v) is 17.4. The number of aliphatic hydroxyl groups is 1. The number of hydrogen-bond acceptors (Lipinski definition) is 3. The van der Waals surface area contributed by atoms with Crippen LogP contribution in [0.25, 0.3) is 0 Å². The summed E-state index contributed by atoms with van der Waals surface area (Å²) in [6.45, 7) is -0.143. The monoisotopic (exact) mass is 416 g/mol. The van der Waals surface area contributed by atoms with Crippen LogP contribution < -0.4 is 4.74 Å². The minimum absolute atomic E-state index is 0.180. The first-order valence-corrected chi connectivity index (χ1v) is 10.7. The van der Waals surface area contributed by atoms with Crippen LogP contribution in [-0.4, -0.2) is 34.8 Å². The molecule has 2 N–H and O–H groups in total. The minimum Gasteiger partial charge on any atom is -0.482 e. The molecule has 1 aliphatic rings. The Morgan fingerprint density at radius 2 is 1.76 bits per heavy atom. The van der Waals surface area contributed by atoms with Gasteiger partial charge in [-0.3, -0.25) is 0 Å². The Labute approximate surface area is 177 Å². The molecule has 29 heavy (non-hydrogen) atoms. The highest BCUT2D eigenvalue weighted by atomic mass is 35.5. The largest absolute Gasteiger partial charge is 0.482 e. The van der Waals surface area contributed by atoms with E-state index in [1.807, 2.05) is 12.1 Å². The van der Waals surface area contributed by atoms with E-state index in [2.05, 4.69) is 30.3 Å². The molecule has 1 aliphatic carbocycles. The van der Waals surface area contributed by atoms with Gasteiger partial charge in [0.05, 0.1) is 0 Å². The number of aliphatic hydroxyl groups excluding tert-OH is 1. The van der Waals surface area contributed by atoms with Gasteiger partial charge in [-0.15, -0.1) is 11.6 Å². The van der Waals surface area contributed by atoms with Crippen molar-refractivity contribution >= 4 is 17.6 Å². The number of halogens is 1. The number of hydrogen-bond donors (Lipinski definition) is 2. The molecule has 0 aromatic heterocycles. The zero-order valence-electron chi connectivity index (χ0n) is 16.6. The van der Waals surface area contributed by atoms with Gasteiger partial charge >= 0.3 is 5.97 Å². The van der Waals surface area contributed by atoms with E-state index in [-0.39, 0.29) is 18.6 Å². The van der Waals surface area contributed by atoms with Crippen LogP contribution in [0.3, 0.4) is 0 Å². The second-order valence-electron chi connectivity index (χ2n) is 7.88. The highest BCUT2D eigenvalue weighted by Crippen LogP contribution is 2.40. The van der Waals surface area contributed by atoms with Crippen LogP contribution in [0, 0.1) is 11.8 Å². The summed E-state index contributed by atoms with van der Waals surface area (Å²) in [6, 6.07) is 16.2.